The average molecular weight is 227 g/mol. The van der Waals surface area contributed by atoms with Gasteiger partial charge in [-0.05, 0) is 12.1 Å². The number of ether oxygens (including phenoxy) is 1. The molecule has 0 saturated carbocycles. The Labute approximate surface area is 100 Å². The first-order chi connectivity index (χ1) is 8.40. The molecule has 1 atom stereocenters. The second-order valence-corrected chi connectivity index (χ2v) is 3.53. The molecular formula is C14H13NO2. The van der Waals surface area contributed by atoms with Gasteiger partial charge in [0, 0.05) is 11.3 Å². The van der Waals surface area contributed by atoms with Gasteiger partial charge in [0.2, 0.25) is 0 Å². The largest absolute Gasteiger partial charge is 0.440 e. The van der Waals surface area contributed by atoms with Gasteiger partial charge < -0.3 is 10.1 Å². The topological polar surface area (TPSA) is 38.3 Å². The minimum absolute atomic E-state index is 0.452. The average Bonchev–Trinajstić information content (AvgIpc) is 2.40. The molecule has 0 aliphatic carbocycles. The van der Waals surface area contributed by atoms with E-state index in [9.17, 15) is 4.79 Å². The summed E-state index contributed by atoms with van der Waals surface area (Å²) < 4.78 is 5.04. The highest BCUT2D eigenvalue weighted by Crippen LogP contribution is 2.19. The summed E-state index contributed by atoms with van der Waals surface area (Å²) in [6.07, 6.45) is -0.462. The predicted octanol–water partition coefficient (Wildman–Crippen LogP) is 2.97. The van der Waals surface area contributed by atoms with Crippen LogP contribution in [0.5, 0.6) is 0 Å². The van der Waals surface area contributed by atoms with Crippen molar-refractivity contribution in [3.8, 4) is 0 Å². The molecule has 0 saturated heterocycles. The summed E-state index contributed by atoms with van der Waals surface area (Å²) in [4.78, 5) is 10.5. The van der Waals surface area contributed by atoms with Gasteiger partial charge in [-0.3, -0.25) is 4.79 Å². The quantitative estimate of drug-likeness (QED) is 0.630. The second-order valence-electron chi connectivity index (χ2n) is 3.53. The Bertz CT molecular complexity index is 456. The summed E-state index contributed by atoms with van der Waals surface area (Å²) in [5.74, 6) is 0. The zero-order valence-corrected chi connectivity index (χ0v) is 9.24. The molecule has 0 aromatic heterocycles. The smallest absolute Gasteiger partial charge is 0.295 e. The van der Waals surface area contributed by atoms with Crippen molar-refractivity contribution < 1.29 is 9.53 Å². The van der Waals surface area contributed by atoms with E-state index in [0.29, 0.717) is 6.47 Å². The van der Waals surface area contributed by atoms with Crippen LogP contribution in [0.15, 0.2) is 60.7 Å². The lowest BCUT2D eigenvalue weighted by Crippen LogP contribution is -2.13. The van der Waals surface area contributed by atoms with Crippen LogP contribution in [-0.4, -0.2) is 6.47 Å². The van der Waals surface area contributed by atoms with Gasteiger partial charge in [0.15, 0.2) is 6.23 Å². The van der Waals surface area contributed by atoms with Gasteiger partial charge in [0.1, 0.15) is 0 Å². The fourth-order valence-corrected chi connectivity index (χ4v) is 1.57. The first kappa shape index (κ1) is 11.2. The standard InChI is InChI=1S/C14H13NO2/c16-11-17-14(12-7-3-1-4-8-12)15-13-9-5-2-6-10-13/h1-11,14-15H. The molecule has 0 spiro atoms. The lowest BCUT2D eigenvalue weighted by atomic mass is 10.2. The molecule has 0 bridgehead atoms. The third kappa shape index (κ3) is 3.08. The minimum atomic E-state index is -0.462. The number of hydrogen-bond acceptors (Lipinski definition) is 3. The number of anilines is 1. The number of benzene rings is 2. The van der Waals surface area contributed by atoms with Crippen LogP contribution in [0, 0.1) is 0 Å². The van der Waals surface area contributed by atoms with E-state index in [1.807, 2.05) is 60.7 Å². The van der Waals surface area contributed by atoms with Crippen LogP contribution in [0.1, 0.15) is 11.8 Å². The van der Waals surface area contributed by atoms with Crippen LogP contribution >= 0.6 is 0 Å². The predicted molar refractivity (Wildman–Crippen MR) is 66.4 cm³/mol. The first-order valence-electron chi connectivity index (χ1n) is 5.36. The maximum atomic E-state index is 10.5. The van der Waals surface area contributed by atoms with Gasteiger partial charge >= 0.3 is 0 Å². The van der Waals surface area contributed by atoms with E-state index in [-0.39, 0.29) is 0 Å². The number of carbonyl (C=O) groups is 1. The first-order valence-corrected chi connectivity index (χ1v) is 5.36. The molecule has 86 valence electrons. The Hall–Kier alpha value is -2.29. The van der Waals surface area contributed by atoms with Gasteiger partial charge in [-0.15, -0.1) is 0 Å². The Kier molecular flexibility index (Phi) is 3.76. The van der Waals surface area contributed by atoms with Gasteiger partial charge in [-0.25, -0.2) is 0 Å². The van der Waals surface area contributed by atoms with E-state index >= 15 is 0 Å². The van der Waals surface area contributed by atoms with E-state index in [2.05, 4.69) is 5.32 Å². The molecule has 2 aromatic carbocycles. The van der Waals surface area contributed by atoms with E-state index in [1.165, 1.54) is 0 Å². The summed E-state index contributed by atoms with van der Waals surface area (Å²) in [6.45, 7) is 0.452. The Morgan fingerprint density at radius 1 is 0.941 bits per heavy atom. The summed E-state index contributed by atoms with van der Waals surface area (Å²) in [5, 5.41) is 3.14. The lowest BCUT2D eigenvalue weighted by molar-refractivity contribution is -0.132. The number of para-hydroxylation sites is 1. The van der Waals surface area contributed by atoms with Gasteiger partial charge in [-0.1, -0.05) is 48.5 Å². The molecule has 0 radical (unpaired) electrons. The number of hydrogen-bond donors (Lipinski definition) is 1. The Morgan fingerprint density at radius 3 is 2.12 bits per heavy atom. The van der Waals surface area contributed by atoms with Crippen LogP contribution < -0.4 is 5.32 Å². The zero-order valence-electron chi connectivity index (χ0n) is 9.24. The molecule has 0 fully saturated rings. The van der Waals surface area contributed by atoms with Gasteiger partial charge in [0.05, 0.1) is 0 Å². The molecule has 2 rings (SSSR count). The molecule has 0 aliphatic rings. The Balaban J connectivity index is 2.16. The maximum absolute atomic E-state index is 10.5. The van der Waals surface area contributed by atoms with Crippen molar-refractivity contribution in [2.75, 3.05) is 5.32 Å². The fourth-order valence-electron chi connectivity index (χ4n) is 1.57. The van der Waals surface area contributed by atoms with Crippen molar-refractivity contribution in [2.45, 2.75) is 6.23 Å². The molecular weight excluding hydrogens is 214 g/mol. The molecule has 3 heteroatoms. The number of carbonyl (C=O) groups excluding carboxylic acids is 1. The van der Waals surface area contributed by atoms with Crippen LogP contribution in [0.4, 0.5) is 5.69 Å². The van der Waals surface area contributed by atoms with Gasteiger partial charge in [0.25, 0.3) is 6.47 Å². The van der Waals surface area contributed by atoms with Crippen molar-refractivity contribution in [1.82, 2.24) is 0 Å². The molecule has 1 unspecified atom stereocenters. The zero-order chi connectivity index (χ0) is 11.9. The van der Waals surface area contributed by atoms with Gasteiger partial charge in [-0.2, -0.15) is 0 Å². The third-order valence-corrected chi connectivity index (χ3v) is 2.37. The van der Waals surface area contributed by atoms with Crippen molar-refractivity contribution in [3.05, 3.63) is 66.2 Å². The van der Waals surface area contributed by atoms with E-state index in [1.54, 1.807) is 0 Å². The lowest BCUT2D eigenvalue weighted by Gasteiger charge is -2.18. The number of rotatable bonds is 5. The number of nitrogens with one attached hydrogen (secondary N) is 1. The van der Waals surface area contributed by atoms with E-state index in [4.69, 9.17) is 4.74 Å². The van der Waals surface area contributed by atoms with Crippen LogP contribution in [0.2, 0.25) is 0 Å². The molecule has 0 heterocycles. The maximum Gasteiger partial charge on any atom is 0.295 e. The second kappa shape index (κ2) is 5.70. The van der Waals surface area contributed by atoms with Crippen molar-refractivity contribution >= 4 is 12.2 Å². The molecule has 17 heavy (non-hydrogen) atoms. The summed E-state index contributed by atoms with van der Waals surface area (Å²) in [5.41, 5.74) is 1.81. The highest BCUT2D eigenvalue weighted by atomic mass is 16.5. The van der Waals surface area contributed by atoms with Crippen LogP contribution in [-0.2, 0) is 9.53 Å². The van der Waals surface area contributed by atoms with Crippen LogP contribution in [0.25, 0.3) is 0 Å². The highest BCUT2D eigenvalue weighted by molar-refractivity contribution is 5.46. The van der Waals surface area contributed by atoms with Crippen molar-refractivity contribution in [1.29, 1.82) is 0 Å². The fraction of sp³-hybridized carbons (Fsp3) is 0.0714. The highest BCUT2D eigenvalue weighted by Gasteiger charge is 2.10. The van der Waals surface area contributed by atoms with Crippen molar-refractivity contribution in [2.24, 2.45) is 0 Å². The van der Waals surface area contributed by atoms with E-state index < -0.39 is 6.23 Å². The Morgan fingerprint density at radius 2 is 1.53 bits per heavy atom. The SMILES string of the molecule is O=COC(Nc1ccccc1)c1ccccc1. The normalized spacial score (nSPS) is 11.5. The van der Waals surface area contributed by atoms with E-state index in [0.717, 1.165) is 11.3 Å². The van der Waals surface area contributed by atoms with Crippen molar-refractivity contribution in [3.63, 3.8) is 0 Å². The summed E-state index contributed by atoms with van der Waals surface area (Å²) >= 11 is 0. The molecule has 2 aromatic rings. The monoisotopic (exact) mass is 227 g/mol. The van der Waals surface area contributed by atoms with Crippen LogP contribution in [0.3, 0.4) is 0 Å². The molecule has 0 aliphatic heterocycles. The third-order valence-electron chi connectivity index (χ3n) is 2.37. The molecule has 0 amide bonds. The molecule has 1 N–H and O–H groups in total. The summed E-state index contributed by atoms with van der Waals surface area (Å²) in [6, 6.07) is 19.2. The minimum Gasteiger partial charge on any atom is -0.440 e. The summed E-state index contributed by atoms with van der Waals surface area (Å²) in [7, 11) is 0. The molecule has 3 nitrogen and oxygen atoms in total.